The minimum absolute atomic E-state index is 0.0364. The van der Waals surface area contributed by atoms with E-state index in [0.29, 0.717) is 18.4 Å². The van der Waals surface area contributed by atoms with Crippen molar-refractivity contribution in [1.82, 2.24) is 10.6 Å². The maximum absolute atomic E-state index is 13.8. The highest BCUT2D eigenvalue weighted by molar-refractivity contribution is 7.81. The summed E-state index contributed by atoms with van der Waals surface area (Å²) in [6.07, 6.45) is 1.06. The summed E-state index contributed by atoms with van der Waals surface area (Å²) in [6, 6.07) is 23.9. The van der Waals surface area contributed by atoms with E-state index < -0.39 is 28.7 Å². The molecular formula is C30H32N2O4S. The largest absolute Gasteiger partial charge is 0.480 e. The second-order valence-corrected chi connectivity index (χ2v) is 10.4. The maximum atomic E-state index is 13.8. The standard InChI is InChI=1S/C30H32N2O4S/c1-19(2)26(37)27(33)32-30(17-16-23-10-6-7-11-24(23)30)29(36)31-25(28(34)35)18-20-12-14-22(15-13-20)21-8-4-3-5-9-21/h3-15,19,25-26,37H,16-18H2,1-2H3,(H,31,36)(H,32,33)(H,34,35)/t25-,26-,30?/m1/s1. The number of rotatable bonds is 9. The molecule has 3 N–H and O–H groups in total. The number of amides is 2. The summed E-state index contributed by atoms with van der Waals surface area (Å²) in [5.41, 5.74) is 3.18. The highest BCUT2D eigenvalue weighted by atomic mass is 32.1. The first-order valence-corrected chi connectivity index (χ1v) is 13.0. The minimum atomic E-state index is -1.35. The van der Waals surface area contributed by atoms with Crippen molar-refractivity contribution in [2.75, 3.05) is 0 Å². The van der Waals surface area contributed by atoms with Gasteiger partial charge in [0.2, 0.25) is 5.91 Å². The van der Waals surface area contributed by atoms with Gasteiger partial charge < -0.3 is 15.7 Å². The van der Waals surface area contributed by atoms with Crippen LogP contribution in [0.4, 0.5) is 0 Å². The van der Waals surface area contributed by atoms with Crippen molar-refractivity contribution in [2.45, 2.75) is 49.9 Å². The van der Waals surface area contributed by atoms with Crippen molar-refractivity contribution >= 4 is 30.4 Å². The van der Waals surface area contributed by atoms with Crippen LogP contribution in [0.3, 0.4) is 0 Å². The lowest BCUT2D eigenvalue weighted by Crippen LogP contribution is -2.59. The van der Waals surface area contributed by atoms with Gasteiger partial charge in [-0.05, 0) is 46.6 Å². The molecule has 0 heterocycles. The fraction of sp³-hybridized carbons (Fsp3) is 0.300. The Kier molecular flexibility index (Phi) is 8.03. The van der Waals surface area contributed by atoms with Crippen LogP contribution in [-0.2, 0) is 32.8 Å². The third-order valence-corrected chi connectivity index (χ3v) is 7.81. The number of carboxylic acid groups (broad SMARTS) is 1. The summed E-state index contributed by atoms with van der Waals surface area (Å²) in [5.74, 6) is -2.05. The third kappa shape index (κ3) is 5.72. The Bertz CT molecular complexity index is 1280. The Hall–Kier alpha value is -3.58. The SMILES string of the molecule is CC(C)[C@@H](S)C(=O)NC1(C(=O)N[C@H](Cc2ccc(-c3ccccc3)cc2)C(=O)O)CCc2ccccc21. The molecule has 0 aliphatic heterocycles. The van der Waals surface area contributed by atoms with Gasteiger partial charge in [0, 0.05) is 6.42 Å². The number of carbonyl (C=O) groups excluding carboxylic acids is 2. The van der Waals surface area contributed by atoms with E-state index in [9.17, 15) is 19.5 Å². The second kappa shape index (κ2) is 11.2. The Balaban J connectivity index is 1.57. The van der Waals surface area contributed by atoms with Crippen LogP contribution in [0.5, 0.6) is 0 Å². The quantitative estimate of drug-likeness (QED) is 0.318. The molecule has 1 unspecified atom stereocenters. The van der Waals surface area contributed by atoms with Crippen LogP contribution < -0.4 is 10.6 Å². The van der Waals surface area contributed by atoms with E-state index in [0.717, 1.165) is 22.3 Å². The average Bonchev–Trinajstić information content (AvgIpc) is 3.28. The van der Waals surface area contributed by atoms with Crippen LogP contribution in [-0.4, -0.2) is 34.2 Å². The highest BCUT2D eigenvalue weighted by Crippen LogP contribution is 2.38. The van der Waals surface area contributed by atoms with Gasteiger partial charge in [-0.2, -0.15) is 12.6 Å². The van der Waals surface area contributed by atoms with Gasteiger partial charge in [-0.25, -0.2) is 4.79 Å². The molecule has 0 aromatic heterocycles. The van der Waals surface area contributed by atoms with Crippen molar-refractivity contribution in [2.24, 2.45) is 5.92 Å². The molecule has 3 atom stereocenters. The van der Waals surface area contributed by atoms with Crippen molar-refractivity contribution in [3.8, 4) is 11.1 Å². The van der Waals surface area contributed by atoms with E-state index in [2.05, 4.69) is 23.3 Å². The Morgan fingerprint density at radius 2 is 1.54 bits per heavy atom. The number of benzene rings is 3. The normalized spacial score (nSPS) is 18.1. The minimum Gasteiger partial charge on any atom is -0.480 e. The summed E-state index contributed by atoms with van der Waals surface area (Å²) in [4.78, 5) is 39.0. The Labute approximate surface area is 222 Å². The van der Waals surface area contributed by atoms with Gasteiger partial charge in [0.25, 0.3) is 5.91 Å². The summed E-state index contributed by atoms with van der Waals surface area (Å²) < 4.78 is 0. The van der Waals surface area contributed by atoms with Gasteiger partial charge in [0.05, 0.1) is 5.25 Å². The van der Waals surface area contributed by atoms with Gasteiger partial charge in [-0.15, -0.1) is 0 Å². The Morgan fingerprint density at radius 1 is 0.919 bits per heavy atom. The fourth-order valence-corrected chi connectivity index (χ4v) is 4.87. The fourth-order valence-electron chi connectivity index (χ4n) is 4.80. The van der Waals surface area contributed by atoms with Crippen LogP contribution >= 0.6 is 12.6 Å². The van der Waals surface area contributed by atoms with Crippen LogP contribution in [0.15, 0.2) is 78.9 Å². The molecule has 2 amide bonds. The molecule has 1 aliphatic rings. The van der Waals surface area contributed by atoms with Crippen LogP contribution in [0.25, 0.3) is 11.1 Å². The molecule has 37 heavy (non-hydrogen) atoms. The van der Waals surface area contributed by atoms with E-state index in [-0.39, 0.29) is 18.2 Å². The first-order chi connectivity index (χ1) is 17.7. The topological polar surface area (TPSA) is 95.5 Å². The number of fused-ring (bicyclic) bond motifs is 1. The number of hydrogen-bond acceptors (Lipinski definition) is 4. The molecule has 6 nitrogen and oxygen atoms in total. The lowest BCUT2D eigenvalue weighted by molar-refractivity contribution is -0.143. The van der Waals surface area contributed by atoms with Gasteiger partial charge in [0.15, 0.2) is 0 Å². The molecule has 0 saturated heterocycles. The Morgan fingerprint density at radius 3 is 2.19 bits per heavy atom. The van der Waals surface area contributed by atoms with Crippen molar-refractivity contribution in [3.05, 3.63) is 95.6 Å². The second-order valence-electron chi connectivity index (χ2n) is 9.87. The number of nitrogens with one attached hydrogen (secondary N) is 2. The highest BCUT2D eigenvalue weighted by Gasteiger charge is 2.48. The van der Waals surface area contributed by atoms with Gasteiger partial charge >= 0.3 is 5.97 Å². The number of aryl methyl sites for hydroxylation is 1. The smallest absolute Gasteiger partial charge is 0.326 e. The average molecular weight is 517 g/mol. The van der Waals surface area contributed by atoms with Gasteiger partial charge in [-0.1, -0.05) is 92.7 Å². The van der Waals surface area contributed by atoms with Crippen LogP contribution in [0, 0.1) is 5.92 Å². The molecule has 3 aromatic rings. The number of thiol groups is 1. The summed E-state index contributed by atoms with van der Waals surface area (Å²) in [6.45, 7) is 3.77. The molecule has 1 aliphatic carbocycles. The van der Waals surface area contributed by atoms with E-state index in [1.54, 1.807) is 0 Å². The van der Waals surface area contributed by atoms with Crippen LogP contribution in [0.2, 0.25) is 0 Å². The van der Waals surface area contributed by atoms with Gasteiger partial charge in [0.1, 0.15) is 11.6 Å². The molecule has 0 fully saturated rings. The molecule has 0 saturated carbocycles. The van der Waals surface area contributed by atoms with Gasteiger partial charge in [-0.3, -0.25) is 9.59 Å². The number of aliphatic carboxylic acids is 1. The zero-order valence-corrected chi connectivity index (χ0v) is 21.9. The number of carboxylic acids is 1. The predicted molar refractivity (Wildman–Crippen MR) is 147 cm³/mol. The first kappa shape index (κ1) is 26.5. The molecule has 7 heteroatoms. The zero-order chi connectivity index (χ0) is 26.6. The van der Waals surface area contributed by atoms with E-state index in [1.807, 2.05) is 92.7 Å². The zero-order valence-electron chi connectivity index (χ0n) is 21.0. The van der Waals surface area contributed by atoms with Crippen molar-refractivity contribution < 1.29 is 19.5 Å². The molecule has 4 rings (SSSR count). The molecule has 0 bridgehead atoms. The van der Waals surface area contributed by atoms with E-state index >= 15 is 0 Å². The lowest BCUT2D eigenvalue weighted by Gasteiger charge is -2.33. The number of carbonyl (C=O) groups is 3. The van der Waals surface area contributed by atoms with Crippen molar-refractivity contribution in [1.29, 1.82) is 0 Å². The summed E-state index contributed by atoms with van der Waals surface area (Å²) in [5, 5.41) is 15.0. The summed E-state index contributed by atoms with van der Waals surface area (Å²) in [7, 11) is 0. The maximum Gasteiger partial charge on any atom is 0.326 e. The lowest BCUT2D eigenvalue weighted by atomic mass is 9.89. The summed E-state index contributed by atoms with van der Waals surface area (Å²) >= 11 is 4.43. The molecule has 0 spiro atoms. The number of hydrogen-bond donors (Lipinski definition) is 4. The van der Waals surface area contributed by atoms with E-state index in [4.69, 9.17) is 0 Å². The monoisotopic (exact) mass is 516 g/mol. The third-order valence-electron chi connectivity index (χ3n) is 6.98. The van der Waals surface area contributed by atoms with Crippen LogP contribution in [0.1, 0.15) is 37.0 Å². The molecular weight excluding hydrogens is 484 g/mol. The molecule has 192 valence electrons. The van der Waals surface area contributed by atoms with Crippen molar-refractivity contribution in [3.63, 3.8) is 0 Å². The molecule has 0 radical (unpaired) electrons. The molecule has 3 aromatic carbocycles. The first-order valence-electron chi connectivity index (χ1n) is 12.5. The predicted octanol–water partition coefficient (Wildman–Crippen LogP) is 4.38. The van der Waals surface area contributed by atoms with E-state index in [1.165, 1.54) is 0 Å².